The molecule has 0 aromatic heterocycles. The van der Waals surface area contributed by atoms with Gasteiger partial charge in [-0.15, -0.1) is 0 Å². The van der Waals surface area contributed by atoms with Crippen LogP contribution >= 0.6 is 0 Å². The van der Waals surface area contributed by atoms with Crippen molar-refractivity contribution in [2.24, 2.45) is 11.8 Å². The number of carbonyl (C=O) groups is 1. The second kappa shape index (κ2) is 4.22. The molecule has 3 atom stereocenters. The Bertz CT molecular complexity index is 294. The Labute approximate surface area is 91.1 Å². The number of hydrogen-bond donors (Lipinski definition) is 0. The fourth-order valence-corrected chi connectivity index (χ4v) is 3.10. The molecule has 1 aliphatic heterocycles. The molecule has 0 spiro atoms. The molecule has 2 aliphatic rings. The highest BCUT2D eigenvalue weighted by Gasteiger charge is 2.37. The van der Waals surface area contributed by atoms with E-state index >= 15 is 0 Å². The molecular formula is C12H18N2O. The summed E-state index contributed by atoms with van der Waals surface area (Å²) in [5, 5.41) is 9.06. The van der Waals surface area contributed by atoms with Crippen molar-refractivity contribution in [1.82, 2.24) is 4.90 Å². The highest BCUT2D eigenvalue weighted by Crippen LogP contribution is 2.38. The number of likely N-dealkylation sites (tertiary alicyclic amines) is 1. The fraction of sp³-hybridized carbons (Fsp3) is 0.833. The molecule has 0 radical (unpaired) electrons. The zero-order valence-electron chi connectivity index (χ0n) is 9.28. The van der Waals surface area contributed by atoms with Crippen molar-refractivity contribution in [3.63, 3.8) is 0 Å². The summed E-state index contributed by atoms with van der Waals surface area (Å²) < 4.78 is 0. The minimum absolute atomic E-state index is 0.0607. The van der Waals surface area contributed by atoms with E-state index in [0.29, 0.717) is 11.8 Å². The van der Waals surface area contributed by atoms with Gasteiger partial charge in [0.2, 0.25) is 5.91 Å². The molecule has 15 heavy (non-hydrogen) atoms. The average Bonchev–Trinajstić information content (AvgIpc) is 2.27. The van der Waals surface area contributed by atoms with Crippen LogP contribution in [0.15, 0.2) is 0 Å². The number of piperidine rings is 1. The summed E-state index contributed by atoms with van der Waals surface area (Å²) in [6.07, 6.45) is 6.01. The average molecular weight is 206 g/mol. The number of nitriles is 1. The molecule has 3 heteroatoms. The maximum Gasteiger partial charge on any atom is 0.220 e. The molecule has 0 N–H and O–H groups in total. The Morgan fingerprint density at radius 1 is 1.33 bits per heavy atom. The second-order valence-corrected chi connectivity index (χ2v) is 4.86. The van der Waals surface area contributed by atoms with Crippen LogP contribution in [0.5, 0.6) is 0 Å². The van der Waals surface area contributed by atoms with Crippen LogP contribution in [0.2, 0.25) is 0 Å². The lowest BCUT2D eigenvalue weighted by molar-refractivity contribution is -0.133. The molecule has 3 nitrogen and oxygen atoms in total. The van der Waals surface area contributed by atoms with Crippen LogP contribution in [0.4, 0.5) is 0 Å². The monoisotopic (exact) mass is 206 g/mol. The van der Waals surface area contributed by atoms with Gasteiger partial charge in [0.05, 0.1) is 6.07 Å². The largest absolute Gasteiger partial charge is 0.327 e. The van der Waals surface area contributed by atoms with Crippen molar-refractivity contribution in [2.75, 3.05) is 6.54 Å². The lowest BCUT2D eigenvalue weighted by Crippen LogP contribution is -2.49. The summed E-state index contributed by atoms with van der Waals surface area (Å²) in [5.41, 5.74) is 0. The van der Waals surface area contributed by atoms with Gasteiger partial charge in [-0.2, -0.15) is 5.26 Å². The number of fused-ring (bicyclic) bond motifs is 1. The van der Waals surface area contributed by atoms with Gasteiger partial charge >= 0.3 is 0 Å². The van der Waals surface area contributed by atoms with Gasteiger partial charge in [0.1, 0.15) is 6.04 Å². The second-order valence-electron chi connectivity index (χ2n) is 4.86. The van der Waals surface area contributed by atoms with Gasteiger partial charge in [-0.25, -0.2) is 0 Å². The van der Waals surface area contributed by atoms with E-state index in [-0.39, 0.29) is 11.9 Å². The Hall–Kier alpha value is -1.04. The van der Waals surface area contributed by atoms with Gasteiger partial charge < -0.3 is 4.90 Å². The topological polar surface area (TPSA) is 44.1 Å². The Morgan fingerprint density at radius 3 is 2.60 bits per heavy atom. The van der Waals surface area contributed by atoms with Gasteiger partial charge in [0.15, 0.2) is 0 Å². The number of hydrogen-bond acceptors (Lipinski definition) is 2. The van der Waals surface area contributed by atoms with E-state index in [1.807, 2.05) is 0 Å². The van der Waals surface area contributed by atoms with E-state index in [9.17, 15) is 4.79 Å². The SMILES string of the molecule is CC(=O)N1CC2CCCCC2CC1C#N. The van der Waals surface area contributed by atoms with E-state index < -0.39 is 0 Å². The highest BCUT2D eigenvalue weighted by molar-refractivity contribution is 5.74. The third-order valence-corrected chi connectivity index (χ3v) is 3.95. The fourth-order valence-electron chi connectivity index (χ4n) is 3.10. The number of amides is 1. The third-order valence-electron chi connectivity index (χ3n) is 3.95. The molecular weight excluding hydrogens is 188 g/mol. The predicted octanol–water partition coefficient (Wildman–Crippen LogP) is 1.94. The van der Waals surface area contributed by atoms with Crippen LogP contribution in [0.25, 0.3) is 0 Å². The first-order valence-electron chi connectivity index (χ1n) is 5.89. The van der Waals surface area contributed by atoms with Crippen LogP contribution in [-0.4, -0.2) is 23.4 Å². The van der Waals surface area contributed by atoms with Gasteiger partial charge in [0.25, 0.3) is 0 Å². The molecule has 0 aromatic rings. The quantitative estimate of drug-likeness (QED) is 0.608. The number of carbonyl (C=O) groups excluding carboxylic acids is 1. The predicted molar refractivity (Wildman–Crippen MR) is 56.9 cm³/mol. The normalized spacial score (nSPS) is 35.5. The van der Waals surface area contributed by atoms with E-state index in [1.165, 1.54) is 25.7 Å². The van der Waals surface area contributed by atoms with Crippen LogP contribution in [0.1, 0.15) is 39.0 Å². The maximum absolute atomic E-state index is 11.4. The first-order valence-corrected chi connectivity index (χ1v) is 5.89. The molecule has 1 aliphatic carbocycles. The minimum atomic E-state index is -0.165. The summed E-state index contributed by atoms with van der Waals surface area (Å²) in [7, 11) is 0. The number of nitrogens with zero attached hydrogens (tertiary/aromatic N) is 2. The summed E-state index contributed by atoms with van der Waals surface area (Å²) in [6, 6.07) is 2.11. The van der Waals surface area contributed by atoms with Crippen LogP contribution in [0, 0.1) is 23.2 Å². The third kappa shape index (κ3) is 1.99. The van der Waals surface area contributed by atoms with Crippen LogP contribution in [0.3, 0.4) is 0 Å². The van der Waals surface area contributed by atoms with E-state index in [1.54, 1.807) is 11.8 Å². The Balaban J connectivity index is 2.09. The Morgan fingerprint density at radius 2 is 2.00 bits per heavy atom. The minimum Gasteiger partial charge on any atom is -0.327 e. The molecule has 82 valence electrons. The molecule has 3 unspecified atom stereocenters. The van der Waals surface area contributed by atoms with Crippen molar-refractivity contribution in [3.05, 3.63) is 0 Å². The molecule has 2 rings (SSSR count). The molecule has 0 aromatic carbocycles. The molecule has 2 fully saturated rings. The Kier molecular flexibility index (Phi) is 2.95. The summed E-state index contributed by atoms with van der Waals surface area (Å²) in [5.74, 6) is 1.41. The van der Waals surface area contributed by atoms with E-state index in [2.05, 4.69) is 6.07 Å². The molecule has 1 saturated heterocycles. The number of rotatable bonds is 0. The van der Waals surface area contributed by atoms with Crippen LogP contribution in [-0.2, 0) is 4.79 Å². The molecule has 0 bridgehead atoms. The van der Waals surface area contributed by atoms with Gasteiger partial charge in [0, 0.05) is 13.5 Å². The molecule has 1 heterocycles. The van der Waals surface area contributed by atoms with E-state index in [4.69, 9.17) is 5.26 Å². The zero-order chi connectivity index (χ0) is 10.8. The first-order chi connectivity index (χ1) is 7.22. The lowest BCUT2D eigenvalue weighted by atomic mass is 9.73. The lowest BCUT2D eigenvalue weighted by Gasteiger charge is -2.43. The summed E-state index contributed by atoms with van der Waals surface area (Å²) in [6.45, 7) is 2.39. The van der Waals surface area contributed by atoms with Crippen molar-refractivity contribution in [2.45, 2.75) is 45.1 Å². The van der Waals surface area contributed by atoms with Gasteiger partial charge in [-0.1, -0.05) is 19.3 Å². The van der Waals surface area contributed by atoms with Crippen molar-refractivity contribution < 1.29 is 4.79 Å². The molecule has 1 amide bonds. The van der Waals surface area contributed by atoms with Crippen molar-refractivity contribution >= 4 is 5.91 Å². The standard InChI is InChI=1S/C12H18N2O/c1-9(15)14-8-11-5-3-2-4-10(11)6-12(14)7-13/h10-12H,2-6,8H2,1H3. The maximum atomic E-state index is 11.4. The van der Waals surface area contributed by atoms with Crippen molar-refractivity contribution in [1.29, 1.82) is 5.26 Å². The zero-order valence-corrected chi connectivity index (χ0v) is 9.28. The van der Waals surface area contributed by atoms with Gasteiger partial charge in [-0.05, 0) is 24.7 Å². The summed E-state index contributed by atoms with van der Waals surface area (Å²) in [4.78, 5) is 13.2. The van der Waals surface area contributed by atoms with Crippen LogP contribution < -0.4 is 0 Å². The van der Waals surface area contributed by atoms with E-state index in [0.717, 1.165) is 13.0 Å². The first kappa shape index (κ1) is 10.5. The van der Waals surface area contributed by atoms with Gasteiger partial charge in [-0.3, -0.25) is 4.79 Å². The summed E-state index contributed by atoms with van der Waals surface area (Å²) >= 11 is 0. The highest BCUT2D eigenvalue weighted by atomic mass is 16.2. The van der Waals surface area contributed by atoms with Crippen molar-refractivity contribution in [3.8, 4) is 6.07 Å². The smallest absolute Gasteiger partial charge is 0.220 e. The molecule has 1 saturated carbocycles.